The molecule has 2 aliphatic rings. The summed E-state index contributed by atoms with van der Waals surface area (Å²) in [5.41, 5.74) is 1.37. The van der Waals surface area contributed by atoms with Gasteiger partial charge in [0, 0.05) is 47.2 Å². The Labute approximate surface area is 267 Å². The van der Waals surface area contributed by atoms with Gasteiger partial charge in [0.25, 0.3) is 5.91 Å². The van der Waals surface area contributed by atoms with Crippen molar-refractivity contribution in [3.05, 3.63) is 76.0 Å². The van der Waals surface area contributed by atoms with E-state index >= 15 is 4.11 Å². The number of methoxy groups -OCH3 is 1. The van der Waals surface area contributed by atoms with Crippen molar-refractivity contribution in [1.29, 1.82) is 0 Å². The van der Waals surface area contributed by atoms with E-state index in [-0.39, 0.29) is 30.8 Å². The predicted molar refractivity (Wildman–Crippen MR) is 170 cm³/mol. The Morgan fingerprint density at radius 3 is 2.64 bits per heavy atom. The monoisotopic (exact) mass is 686 g/mol. The molecule has 1 fully saturated rings. The Hall–Kier alpha value is -2.93. The van der Waals surface area contributed by atoms with E-state index in [1.165, 1.54) is 7.11 Å². The van der Waals surface area contributed by atoms with Crippen LogP contribution in [0.2, 0.25) is 18.6 Å². The molecular weight excluding hydrogens is 647 g/mol. The smallest absolute Gasteiger partial charge is 0.305 e. The number of fused-ring (bicyclic) bond motifs is 2. The molecule has 12 heteroatoms. The van der Waals surface area contributed by atoms with Crippen molar-refractivity contribution in [3.63, 3.8) is 0 Å². The van der Waals surface area contributed by atoms with Gasteiger partial charge in [-0.3, -0.25) is 14.3 Å². The number of carbonyl (C=O) groups is 2. The topological polar surface area (TPSA) is 107 Å². The quantitative estimate of drug-likeness (QED) is 0.112. The lowest BCUT2D eigenvalue weighted by molar-refractivity contribution is -0.146. The first-order valence-electron chi connectivity index (χ1n) is 15.1. The maximum atomic E-state index is 16.2. The highest BCUT2D eigenvalue weighted by atomic mass is 79.9. The van der Waals surface area contributed by atoms with E-state index in [2.05, 4.69) is 26.2 Å². The molecule has 1 unspecified atom stereocenters. The molecule has 0 saturated carbocycles. The maximum absolute atomic E-state index is 16.2. The number of ether oxygens (including phenoxy) is 2. The number of hydrogen-bond acceptors (Lipinski definition) is 7. The molecule has 0 aliphatic carbocycles. The maximum Gasteiger partial charge on any atom is 0.305 e. The number of aliphatic hydroxyl groups excluding tert-OH is 1. The van der Waals surface area contributed by atoms with Gasteiger partial charge in [0.15, 0.2) is 5.60 Å². The molecule has 0 bridgehead atoms. The number of halogens is 2. The number of benzene rings is 2. The van der Waals surface area contributed by atoms with Crippen LogP contribution in [0.3, 0.4) is 0 Å². The van der Waals surface area contributed by atoms with Gasteiger partial charge in [-0.2, -0.15) is 0 Å². The average Bonchev–Trinajstić information content (AvgIpc) is 3.65. The molecule has 3 aromatic rings. The number of carbonyl (C=O) groups excluding carboxylic acids is 2. The number of anilines is 1. The minimum absolute atomic E-state index is 0.103. The van der Waals surface area contributed by atoms with Crippen molar-refractivity contribution in [2.75, 3.05) is 25.2 Å². The number of amides is 1. The first-order chi connectivity index (χ1) is 21.0. The lowest BCUT2D eigenvalue weighted by Crippen LogP contribution is -2.45. The van der Waals surface area contributed by atoms with Crippen LogP contribution in [0.5, 0.6) is 0 Å². The van der Waals surface area contributed by atoms with E-state index in [4.69, 9.17) is 9.47 Å². The van der Waals surface area contributed by atoms with Gasteiger partial charge in [0.2, 0.25) is 8.41 Å². The summed E-state index contributed by atoms with van der Waals surface area (Å²) in [5, 5.41) is 18.7. The summed E-state index contributed by atoms with van der Waals surface area (Å²) in [7, 11) is -1.95. The molecule has 1 spiro atoms. The Morgan fingerprint density at radius 1 is 1.20 bits per heavy atom. The molecule has 1 saturated heterocycles. The van der Waals surface area contributed by atoms with Crippen molar-refractivity contribution in [2.45, 2.75) is 75.4 Å². The number of aromatic nitrogens is 3. The molecule has 9 nitrogen and oxygen atoms in total. The summed E-state index contributed by atoms with van der Waals surface area (Å²) in [6.45, 7) is 6.06. The van der Waals surface area contributed by atoms with Gasteiger partial charge in [-0.1, -0.05) is 58.4 Å². The van der Waals surface area contributed by atoms with Crippen molar-refractivity contribution in [2.24, 2.45) is 5.92 Å². The molecule has 2 aromatic carbocycles. The second-order valence-electron chi connectivity index (χ2n) is 12.3. The fourth-order valence-electron chi connectivity index (χ4n) is 7.05. The zero-order valence-corrected chi connectivity index (χ0v) is 28.2. The molecule has 3 heterocycles. The summed E-state index contributed by atoms with van der Waals surface area (Å²) in [4.78, 5) is 27.7. The van der Waals surface area contributed by atoms with Gasteiger partial charge in [-0.15, -0.1) is 5.10 Å². The Morgan fingerprint density at radius 2 is 1.95 bits per heavy atom. The Kier molecular flexibility index (Phi) is 9.74. The number of unbranched alkanes of at least 4 members (excludes halogenated alkanes) is 1. The highest BCUT2D eigenvalue weighted by Crippen LogP contribution is 2.60. The standard InChI is InChI=1S/C32H40BrFN4O5Si/c1-21-30(44(3,4)34)28(15-17-37-19-26(35-36-37)24(20-39)22-10-6-5-7-11-22)43-32(21)25-18-23(33)13-14-27(25)38(31(32)41)16-9-8-12-29(40)42-2/h5-7,10-11,13-14,18-19,21,24,28,30,39H,8-9,12,15-17,20H2,1-4H3/t21-,24?,28+,30-,32+/m0/s1. The molecule has 0 radical (unpaired) electrons. The fraction of sp³-hybridized carbons (Fsp3) is 0.500. The van der Waals surface area contributed by atoms with Gasteiger partial charge in [-0.05, 0) is 56.1 Å². The number of esters is 1. The van der Waals surface area contributed by atoms with Crippen LogP contribution in [0.15, 0.2) is 59.2 Å². The van der Waals surface area contributed by atoms with E-state index in [1.54, 1.807) is 22.7 Å². The second-order valence-corrected chi connectivity index (χ2v) is 17.0. The van der Waals surface area contributed by atoms with Crippen LogP contribution in [-0.4, -0.2) is 66.7 Å². The second kappa shape index (κ2) is 13.2. The average molecular weight is 688 g/mol. The number of nitrogens with zero attached hydrogens (tertiary/aromatic N) is 4. The summed E-state index contributed by atoms with van der Waals surface area (Å²) >= 11 is 3.57. The Bertz CT molecular complexity index is 1480. The molecule has 44 heavy (non-hydrogen) atoms. The first kappa shape index (κ1) is 32.5. The zero-order chi connectivity index (χ0) is 31.6. The number of aryl methyl sites for hydroxylation is 1. The molecular formula is C32H40BrFN4O5Si. The molecule has 2 aliphatic heterocycles. The largest absolute Gasteiger partial charge is 0.469 e. The third kappa shape index (κ3) is 6.13. The van der Waals surface area contributed by atoms with Crippen LogP contribution < -0.4 is 4.90 Å². The van der Waals surface area contributed by atoms with E-state index < -0.39 is 31.6 Å². The molecule has 5 rings (SSSR count). The lowest BCUT2D eigenvalue weighted by Gasteiger charge is -2.31. The van der Waals surface area contributed by atoms with Crippen molar-refractivity contribution < 1.29 is 28.3 Å². The summed E-state index contributed by atoms with van der Waals surface area (Å²) in [6, 6.07) is 15.4. The lowest BCUT2D eigenvalue weighted by atomic mass is 9.82. The minimum atomic E-state index is -3.32. The summed E-state index contributed by atoms with van der Waals surface area (Å²) in [6.07, 6.45) is 3.24. The first-order valence-corrected chi connectivity index (χ1v) is 18.9. The van der Waals surface area contributed by atoms with Crippen LogP contribution in [0.25, 0.3) is 0 Å². The van der Waals surface area contributed by atoms with Crippen LogP contribution in [0.1, 0.15) is 55.3 Å². The molecule has 236 valence electrons. The number of aliphatic hydroxyl groups is 1. The van der Waals surface area contributed by atoms with E-state index in [9.17, 15) is 14.7 Å². The number of rotatable bonds is 12. The van der Waals surface area contributed by atoms with Gasteiger partial charge in [0.1, 0.15) is 0 Å². The van der Waals surface area contributed by atoms with E-state index in [0.717, 1.165) is 21.3 Å². The van der Waals surface area contributed by atoms with Crippen molar-refractivity contribution in [1.82, 2.24) is 15.0 Å². The van der Waals surface area contributed by atoms with Gasteiger partial charge >= 0.3 is 5.97 Å². The molecule has 1 aromatic heterocycles. The third-order valence-electron chi connectivity index (χ3n) is 9.10. The van der Waals surface area contributed by atoms with Crippen LogP contribution in [-0.2, 0) is 31.2 Å². The third-order valence-corrected chi connectivity index (χ3v) is 12.1. The zero-order valence-electron chi connectivity index (χ0n) is 25.6. The van der Waals surface area contributed by atoms with E-state index in [0.29, 0.717) is 38.0 Å². The van der Waals surface area contributed by atoms with Crippen molar-refractivity contribution in [3.8, 4) is 0 Å². The number of hydrogen-bond donors (Lipinski definition) is 1. The predicted octanol–water partition coefficient (Wildman–Crippen LogP) is 5.72. The Balaban J connectivity index is 1.39. The van der Waals surface area contributed by atoms with Crippen LogP contribution in [0, 0.1) is 5.92 Å². The van der Waals surface area contributed by atoms with Gasteiger partial charge in [0.05, 0.1) is 37.1 Å². The molecule has 1 amide bonds. The van der Waals surface area contributed by atoms with E-state index in [1.807, 2.05) is 61.7 Å². The highest BCUT2D eigenvalue weighted by Gasteiger charge is 2.66. The minimum Gasteiger partial charge on any atom is -0.469 e. The van der Waals surface area contributed by atoms with Gasteiger partial charge in [-0.25, -0.2) is 0 Å². The SMILES string of the molecule is COC(=O)CCCCN1C(=O)[C@]2(O[C@H](CCn3cc(C(CO)c4ccccc4)nn3)[C@@H]([Si](C)(C)F)[C@@H]2C)c2cc(Br)ccc21. The van der Waals surface area contributed by atoms with Crippen LogP contribution >= 0.6 is 15.9 Å². The molecule has 1 N–H and O–H groups in total. The summed E-state index contributed by atoms with van der Waals surface area (Å²) in [5.74, 6) is -1.16. The van der Waals surface area contributed by atoms with Gasteiger partial charge < -0.3 is 23.6 Å². The highest BCUT2D eigenvalue weighted by molar-refractivity contribution is 9.10. The summed E-state index contributed by atoms with van der Waals surface area (Å²) < 4.78 is 30.3. The van der Waals surface area contributed by atoms with Crippen molar-refractivity contribution >= 4 is 41.9 Å². The fourth-order valence-corrected chi connectivity index (χ4v) is 9.95. The van der Waals surface area contributed by atoms with Crippen LogP contribution in [0.4, 0.5) is 9.80 Å². The molecule has 5 atom stereocenters. The normalized spacial score (nSPS) is 23.8.